The Morgan fingerprint density at radius 1 is 1.52 bits per heavy atom. The molecule has 9 nitrogen and oxygen atoms in total. The molecule has 140 valence electrons. The lowest BCUT2D eigenvalue weighted by molar-refractivity contribution is -0.0626. The van der Waals surface area contributed by atoms with Gasteiger partial charge in [0.05, 0.1) is 6.61 Å². The van der Waals surface area contributed by atoms with Gasteiger partial charge >= 0.3 is 5.69 Å². The smallest absolute Gasteiger partial charge is 0.330 e. The van der Waals surface area contributed by atoms with Crippen LogP contribution in [0.1, 0.15) is 25.1 Å². The number of aromatic amines is 1. The van der Waals surface area contributed by atoms with E-state index >= 15 is 0 Å². The van der Waals surface area contributed by atoms with E-state index in [1.165, 1.54) is 17.9 Å². The molecule has 1 saturated heterocycles. The minimum Gasteiger partial charge on any atom is -0.394 e. The number of hydrogen-bond donors (Lipinski definition) is 4. The Hall–Kier alpha value is -1.78. The number of hydrogen-bond acceptors (Lipinski definition) is 7. The lowest BCUT2D eigenvalue weighted by atomic mass is 10.1. The van der Waals surface area contributed by atoms with Gasteiger partial charge in [0.1, 0.15) is 18.3 Å². The van der Waals surface area contributed by atoms with E-state index in [0.29, 0.717) is 12.1 Å². The minimum atomic E-state index is -1.09. The largest absolute Gasteiger partial charge is 0.394 e. The summed E-state index contributed by atoms with van der Waals surface area (Å²) in [5, 5.41) is 22.5. The summed E-state index contributed by atoms with van der Waals surface area (Å²) in [6, 6.07) is 0. The fourth-order valence-corrected chi connectivity index (χ4v) is 2.71. The number of ether oxygens (including phenoxy) is 2. The maximum atomic E-state index is 12.2. The first kappa shape index (κ1) is 19.5. The van der Waals surface area contributed by atoms with Gasteiger partial charge in [-0.3, -0.25) is 14.3 Å². The number of nitrogens with zero attached hydrogens (tertiary/aromatic N) is 1. The molecule has 2 rings (SSSR count). The summed E-state index contributed by atoms with van der Waals surface area (Å²) in [5.74, 6) is 0. The monoisotopic (exact) mass is 355 g/mol. The molecular formula is C16H25N3O6. The molecule has 9 heteroatoms. The van der Waals surface area contributed by atoms with Gasteiger partial charge in [0.15, 0.2) is 6.23 Å². The van der Waals surface area contributed by atoms with E-state index in [2.05, 4.69) is 16.9 Å². The Kier molecular flexibility index (Phi) is 6.68. The lowest BCUT2D eigenvalue weighted by Gasteiger charge is -2.21. The minimum absolute atomic E-state index is 0.263. The Balaban J connectivity index is 2.23. The molecule has 1 aromatic rings. The van der Waals surface area contributed by atoms with Crippen molar-refractivity contribution in [2.24, 2.45) is 0 Å². The SMILES string of the molecule is C=C(C)CCNCc1cn([C@@H]2O[C@H](CO)[C@@H](O)[C@H]2OC)c(=O)[nH]c1=O. The maximum absolute atomic E-state index is 12.2. The van der Waals surface area contributed by atoms with Crippen LogP contribution >= 0.6 is 0 Å². The highest BCUT2D eigenvalue weighted by Crippen LogP contribution is 2.30. The van der Waals surface area contributed by atoms with Crippen LogP contribution in [0.5, 0.6) is 0 Å². The van der Waals surface area contributed by atoms with Crippen LogP contribution in [0.2, 0.25) is 0 Å². The molecule has 25 heavy (non-hydrogen) atoms. The predicted octanol–water partition coefficient (Wildman–Crippen LogP) is -1.14. The lowest BCUT2D eigenvalue weighted by Crippen LogP contribution is -2.40. The van der Waals surface area contributed by atoms with Gasteiger partial charge in [0.25, 0.3) is 5.56 Å². The standard InChI is InChI=1S/C16H25N3O6/c1-9(2)4-5-17-6-10-7-19(16(23)18-14(10)22)15-13(24-3)12(21)11(8-20)25-15/h7,11-13,15,17,20-21H,1,4-6,8H2,2-3H3,(H,18,22,23)/t11-,12-,13-,15-/m1/s1. The van der Waals surface area contributed by atoms with E-state index in [-0.39, 0.29) is 6.54 Å². The zero-order valence-corrected chi connectivity index (χ0v) is 14.4. The second-order valence-electron chi connectivity index (χ2n) is 6.14. The Bertz CT molecular complexity index is 713. The molecule has 0 spiro atoms. The van der Waals surface area contributed by atoms with Crippen LogP contribution in [-0.2, 0) is 16.0 Å². The molecule has 0 aliphatic carbocycles. The molecular weight excluding hydrogens is 330 g/mol. The van der Waals surface area contributed by atoms with E-state index < -0.39 is 42.4 Å². The Labute approximate surface area is 144 Å². The number of aromatic nitrogens is 2. The van der Waals surface area contributed by atoms with Gasteiger partial charge < -0.3 is 25.0 Å². The van der Waals surface area contributed by atoms with Crippen molar-refractivity contribution in [3.63, 3.8) is 0 Å². The highest BCUT2D eigenvalue weighted by Gasteiger charge is 2.45. The molecule has 4 N–H and O–H groups in total. The van der Waals surface area contributed by atoms with E-state index in [4.69, 9.17) is 9.47 Å². The number of aliphatic hydroxyl groups is 2. The van der Waals surface area contributed by atoms with Crippen LogP contribution in [0.25, 0.3) is 0 Å². The van der Waals surface area contributed by atoms with E-state index in [0.717, 1.165) is 12.0 Å². The van der Waals surface area contributed by atoms with Crippen LogP contribution in [0.3, 0.4) is 0 Å². The van der Waals surface area contributed by atoms with Crippen molar-refractivity contribution in [3.8, 4) is 0 Å². The van der Waals surface area contributed by atoms with Crippen molar-refractivity contribution in [2.75, 3.05) is 20.3 Å². The van der Waals surface area contributed by atoms with Gasteiger partial charge in [-0.05, 0) is 19.9 Å². The summed E-state index contributed by atoms with van der Waals surface area (Å²) >= 11 is 0. The molecule has 0 saturated carbocycles. The van der Waals surface area contributed by atoms with Crippen molar-refractivity contribution in [1.82, 2.24) is 14.9 Å². The van der Waals surface area contributed by atoms with Crippen LogP contribution < -0.4 is 16.6 Å². The van der Waals surface area contributed by atoms with Gasteiger partial charge in [-0.2, -0.15) is 0 Å². The third-order valence-electron chi connectivity index (χ3n) is 4.12. The van der Waals surface area contributed by atoms with Crippen LogP contribution in [0.15, 0.2) is 27.9 Å². The Morgan fingerprint density at radius 3 is 2.84 bits per heavy atom. The third-order valence-corrected chi connectivity index (χ3v) is 4.12. The highest BCUT2D eigenvalue weighted by molar-refractivity contribution is 5.06. The zero-order chi connectivity index (χ0) is 18.6. The summed E-state index contributed by atoms with van der Waals surface area (Å²) in [6.45, 7) is 6.23. The van der Waals surface area contributed by atoms with Gasteiger partial charge in [-0.15, -0.1) is 6.58 Å². The normalized spacial score (nSPS) is 26.1. The molecule has 1 aliphatic rings. The van der Waals surface area contributed by atoms with Crippen LogP contribution in [0.4, 0.5) is 0 Å². The molecule has 0 bridgehead atoms. The van der Waals surface area contributed by atoms with Gasteiger partial charge in [-0.25, -0.2) is 4.79 Å². The average molecular weight is 355 g/mol. The van der Waals surface area contributed by atoms with E-state index in [1.807, 2.05) is 6.92 Å². The van der Waals surface area contributed by atoms with Gasteiger partial charge in [-0.1, -0.05) is 5.57 Å². The second-order valence-corrected chi connectivity index (χ2v) is 6.14. The molecule has 1 aliphatic heterocycles. The van der Waals surface area contributed by atoms with Crippen molar-refractivity contribution >= 4 is 0 Å². The summed E-state index contributed by atoms with van der Waals surface area (Å²) in [4.78, 5) is 26.4. The van der Waals surface area contributed by atoms with Crippen molar-refractivity contribution in [2.45, 2.75) is 44.4 Å². The highest BCUT2D eigenvalue weighted by atomic mass is 16.6. The topological polar surface area (TPSA) is 126 Å². The number of rotatable bonds is 8. The molecule has 0 unspecified atom stereocenters. The molecule has 4 atom stereocenters. The summed E-state index contributed by atoms with van der Waals surface area (Å²) in [5.41, 5.74) is 0.211. The zero-order valence-electron chi connectivity index (χ0n) is 14.4. The van der Waals surface area contributed by atoms with Crippen molar-refractivity contribution < 1.29 is 19.7 Å². The Morgan fingerprint density at radius 2 is 2.24 bits per heavy atom. The first-order chi connectivity index (χ1) is 11.9. The quantitative estimate of drug-likeness (QED) is 0.343. The second kappa shape index (κ2) is 8.54. The van der Waals surface area contributed by atoms with Gasteiger partial charge in [0.2, 0.25) is 0 Å². The predicted molar refractivity (Wildman–Crippen MR) is 90.3 cm³/mol. The molecule has 1 fully saturated rings. The van der Waals surface area contributed by atoms with Crippen LogP contribution in [0, 0.1) is 0 Å². The fraction of sp³-hybridized carbons (Fsp3) is 0.625. The maximum Gasteiger partial charge on any atom is 0.330 e. The van der Waals surface area contributed by atoms with E-state index in [1.54, 1.807) is 0 Å². The fourth-order valence-electron chi connectivity index (χ4n) is 2.71. The third kappa shape index (κ3) is 4.44. The number of methoxy groups -OCH3 is 1. The molecule has 1 aromatic heterocycles. The number of H-pyrrole nitrogens is 1. The van der Waals surface area contributed by atoms with Crippen LogP contribution in [-0.4, -0.2) is 58.3 Å². The van der Waals surface area contributed by atoms with Crippen molar-refractivity contribution in [3.05, 3.63) is 44.8 Å². The molecule has 2 heterocycles. The average Bonchev–Trinajstić information content (AvgIpc) is 2.88. The van der Waals surface area contributed by atoms with Gasteiger partial charge in [0, 0.05) is 25.4 Å². The summed E-state index contributed by atoms with van der Waals surface area (Å²) in [7, 11) is 1.38. The first-order valence-electron chi connectivity index (χ1n) is 8.05. The van der Waals surface area contributed by atoms with Crippen molar-refractivity contribution in [1.29, 1.82) is 0 Å². The number of aliphatic hydroxyl groups excluding tert-OH is 2. The number of nitrogens with one attached hydrogen (secondary N) is 2. The molecule has 0 radical (unpaired) electrons. The molecule has 0 amide bonds. The summed E-state index contributed by atoms with van der Waals surface area (Å²) < 4.78 is 11.9. The first-order valence-corrected chi connectivity index (χ1v) is 8.05. The summed E-state index contributed by atoms with van der Waals surface area (Å²) in [6.07, 6.45) is -1.58. The van der Waals surface area contributed by atoms with E-state index in [9.17, 15) is 19.8 Å². The molecule has 0 aromatic carbocycles.